The summed E-state index contributed by atoms with van der Waals surface area (Å²) in [5.74, 6) is -1.46. The zero-order valence-corrected chi connectivity index (χ0v) is 24.6. The third kappa shape index (κ3) is 6.48. The number of carbonyl (C=O) groups is 3. The number of nitrogens with two attached hydrogens (primary N) is 1. The third-order valence-electron chi connectivity index (χ3n) is 8.48. The predicted octanol–water partition coefficient (Wildman–Crippen LogP) is 6.07. The van der Waals surface area contributed by atoms with Gasteiger partial charge in [0.1, 0.15) is 11.8 Å². The molecule has 3 N–H and O–H groups in total. The first-order valence-corrected chi connectivity index (χ1v) is 14.8. The fraction of sp³-hybridized carbons (Fsp3) is 0.343. The van der Waals surface area contributed by atoms with Gasteiger partial charge in [0.25, 0.3) is 0 Å². The Kier molecular flexibility index (Phi) is 8.94. The molecule has 1 aliphatic heterocycles. The maximum atomic E-state index is 14.2. The largest absolute Gasteiger partial charge is 0.454 e. The molecule has 1 unspecified atom stereocenters. The van der Waals surface area contributed by atoms with E-state index in [4.69, 9.17) is 10.5 Å². The Morgan fingerprint density at radius 3 is 2.49 bits per heavy atom. The number of rotatable bonds is 10. The molecule has 0 radical (unpaired) electrons. The van der Waals surface area contributed by atoms with Crippen LogP contribution in [0.3, 0.4) is 0 Å². The summed E-state index contributed by atoms with van der Waals surface area (Å²) in [6, 6.07) is 20.3. The number of benzene rings is 3. The Morgan fingerprint density at radius 1 is 1.05 bits per heavy atom. The molecule has 3 aromatic carbocycles. The van der Waals surface area contributed by atoms with Crippen molar-refractivity contribution in [1.82, 2.24) is 5.32 Å². The number of ether oxygens (including phenoxy) is 1. The monoisotopic (exact) mass is 583 g/mol. The van der Waals surface area contributed by atoms with Gasteiger partial charge in [-0.3, -0.25) is 14.4 Å². The molecular formula is C35H38FN3O4. The Bertz CT molecular complexity index is 1530. The van der Waals surface area contributed by atoms with Crippen LogP contribution in [-0.4, -0.2) is 23.8 Å². The van der Waals surface area contributed by atoms with E-state index < -0.39 is 29.1 Å². The summed E-state index contributed by atoms with van der Waals surface area (Å²) in [6.45, 7) is 4.24. The van der Waals surface area contributed by atoms with Crippen molar-refractivity contribution in [2.45, 2.75) is 58.5 Å². The highest BCUT2D eigenvalue weighted by Gasteiger charge is 2.48. The van der Waals surface area contributed by atoms with E-state index in [0.717, 1.165) is 16.8 Å². The second kappa shape index (κ2) is 12.8. The molecule has 2 atom stereocenters. The molecule has 7 nitrogen and oxygen atoms in total. The summed E-state index contributed by atoms with van der Waals surface area (Å²) in [5.41, 5.74) is 7.46. The molecule has 224 valence electrons. The minimum Gasteiger partial charge on any atom is -0.454 e. The number of amides is 3. The molecule has 0 saturated heterocycles. The third-order valence-corrected chi connectivity index (χ3v) is 8.48. The summed E-state index contributed by atoms with van der Waals surface area (Å²) in [4.78, 5) is 42.5. The van der Waals surface area contributed by atoms with Gasteiger partial charge >= 0.3 is 0 Å². The quantitative estimate of drug-likeness (QED) is 0.283. The number of halogens is 1. The summed E-state index contributed by atoms with van der Waals surface area (Å²) in [6.07, 6.45) is 6.14. The van der Waals surface area contributed by atoms with Crippen molar-refractivity contribution in [2.75, 3.05) is 4.90 Å². The van der Waals surface area contributed by atoms with Gasteiger partial charge in [-0.05, 0) is 79.5 Å². The van der Waals surface area contributed by atoms with Gasteiger partial charge < -0.3 is 20.7 Å². The first-order chi connectivity index (χ1) is 20.7. The van der Waals surface area contributed by atoms with Crippen molar-refractivity contribution in [3.63, 3.8) is 0 Å². The maximum absolute atomic E-state index is 14.2. The van der Waals surface area contributed by atoms with Gasteiger partial charge in [-0.1, -0.05) is 68.5 Å². The molecule has 3 aromatic rings. The minimum absolute atomic E-state index is 0.112. The van der Waals surface area contributed by atoms with Crippen LogP contribution in [0.15, 0.2) is 84.9 Å². The number of aryl methyl sites for hydroxylation is 1. The van der Waals surface area contributed by atoms with Crippen LogP contribution < -0.4 is 20.7 Å². The number of primary amides is 1. The van der Waals surface area contributed by atoms with E-state index in [2.05, 4.69) is 5.32 Å². The lowest BCUT2D eigenvalue weighted by Gasteiger charge is -2.36. The standard InChI is InChI=1S/C35H38FN3O4/c1-23(2)20-27(35(34(37)42)18-7-8-19-35)32(40)38-29-17-16-25-11-3-5-14-30(25)39(33(29)41)22-24-10-9-12-26(21-24)43-31-15-6-4-13-28(31)36/h3-15,21,23,27,29H,16-20,22H2,1-2H3,(H2,37,42)(H,38,40)/t27-,29?/m0/s1. The Labute approximate surface area is 251 Å². The van der Waals surface area contributed by atoms with Crippen LogP contribution in [0.1, 0.15) is 50.7 Å². The van der Waals surface area contributed by atoms with E-state index in [1.165, 1.54) is 6.07 Å². The predicted molar refractivity (Wildman–Crippen MR) is 164 cm³/mol. The average Bonchev–Trinajstić information content (AvgIpc) is 3.45. The Hall–Kier alpha value is -4.46. The lowest BCUT2D eigenvalue weighted by Crippen LogP contribution is -2.54. The number of para-hydroxylation sites is 2. The molecule has 0 spiro atoms. The summed E-state index contributed by atoms with van der Waals surface area (Å²) >= 11 is 0. The van der Waals surface area contributed by atoms with Gasteiger partial charge in [-0.15, -0.1) is 0 Å². The maximum Gasteiger partial charge on any atom is 0.249 e. The number of hydrogen-bond acceptors (Lipinski definition) is 4. The number of fused-ring (bicyclic) bond motifs is 1. The van der Waals surface area contributed by atoms with Crippen LogP contribution in [0.5, 0.6) is 11.5 Å². The molecule has 3 amide bonds. The van der Waals surface area contributed by atoms with Crippen LogP contribution in [-0.2, 0) is 27.3 Å². The van der Waals surface area contributed by atoms with Crippen LogP contribution in [0.4, 0.5) is 10.1 Å². The molecule has 0 saturated carbocycles. The SMILES string of the molecule is CC(C)C[C@@H](C(=O)NC1CCc2ccccc2N(Cc2cccc(Oc3ccccc3F)c2)C1=O)C1(C(N)=O)CC=CC1. The summed E-state index contributed by atoms with van der Waals surface area (Å²) in [7, 11) is 0. The van der Waals surface area contributed by atoms with Crippen molar-refractivity contribution in [2.24, 2.45) is 23.0 Å². The summed E-state index contributed by atoms with van der Waals surface area (Å²) < 4.78 is 20.0. The number of nitrogens with one attached hydrogen (secondary N) is 1. The van der Waals surface area contributed by atoms with Gasteiger partial charge in [-0.2, -0.15) is 0 Å². The van der Waals surface area contributed by atoms with Gasteiger partial charge in [-0.25, -0.2) is 4.39 Å². The van der Waals surface area contributed by atoms with Gasteiger partial charge in [0.15, 0.2) is 11.6 Å². The smallest absolute Gasteiger partial charge is 0.249 e. The number of carbonyl (C=O) groups excluding carboxylic acids is 3. The molecule has 0 fully saturated rings. The van der Waals surface area contributed by atoms with E-state index in [1.807, 2.05) is 56.3 Å². The van der Waals surface area contributed by atoms with Crippen molar-refractivity contribution in [1.29, 1.82) is 0 Å². The van der Waals surface area contributed by atoms with Gasteiger partial charge in [0.2, 0.25) is 17.7 Å². The molecular weight excluding hydrogens is 545 g/mol. The number of hydrogen-bond donors (Lipinski definition) is 2. The first kappa shape index (κ1) is 30.0. The zero-order valence-electron chi connectivity index (χ0n) is 24.6. The normalized spacial score (nSPS) is 18.2. The minimum atomic E-state index is -0.997. The summed E-state index contributed by atoms with van der Waals surface area (Å²) in [5, 5.41) is 3.04. The van der Waals surface area contributed by atoms with Crippen molar-refractivity contribution in [3.05, 3.63) is 102 Å². The van der Waals surface area contributed by atoms with Crippen LogP contribution in [0.25, 0.3) is 0 Å². The van der Waals surface area contributed by atoms with Crippen LogP contribution in [0.2, 0.25) is 0 Å². The van der Waals surface area contributed by atoms with Gasteiger partial charge in [0, 0.05) is 5.69 Å². The second-order valence-electron chi connectivity index (χ2n) is 11.9. The molecule has 2 aliphatic rings. The first-order valence-electron chi connectivity index (χ1n) is 14.8. The second-order valence-corrected chi connectivity index (χ2v) is 11.9. The number of anilines is 1. The molecule has 5 rings (SSSR count). The fourth-order valence-corrected chi connectivity index (χ4v) is 6.21. The number of allylic oxidation sites excluding steroid dienone is 2. The van der Waals surface area contributed by atoms with Gasteiger partial charge in [0.05, 0.1) is 17.9 Å². The average molecular weight is 584 g/mol. The fourth-order valence-electron chi connectivity index (χ4n) is 6.21. The molecule has 1 heterocycles. The van der Waals surface area contributed by atoms with E-state index in [-0.39, 0.29) is 30.0 Å². The van der Waals surface area contributed by atoms with E-state index >= 15 is 0 Å². The molecule has 0 aromatic heterocycles. The lowest BCUT2D eigenvalue weighted by atomic mass is 9.69. The van der Waals surface area contributed by atoms with Crippen molar-refractivity contribution in [3.8, 4) is 11.5 Å². The lowest BCUT2D eigenvalue weighted by molar-refractivity contribution is -0.142. The van der Waals surface area contributed by atoms with Crippen molar-refractivity contribution >= 4 is 23.4 Å². The Morgan fingerprint density at radius 2 is 1.77 bits per heavy atom. The highest BCUT2D eigenvalue weighted by Crippen LogP contribution is 2.43. The van der Waals surface area contributed by atoms with Crippen molar-refractivity contribution < 1.29 is 23.5 Å². The van der Waals surface area contributed by atoms with Crippen LogP contribution >= 0.6 is 0 Å². The highest BCUT2D eigenvalue weighted by atomic mass is 19.1. The topological polar surface area (TPSA) is 102 Å². The number of nitrogens with zero attached hydrogens (tertiary/aromatic N) is 1. The molecule has 1 aliphatic carbocycles. The zero-order chi connectivity index (χ0) is 30.6. The van der Waals surface area contributed by atoms with E-state index in [1.54, 1.807) is 41.3 Å². The van der Waals surface area contributed by atoms with E-state index in [0.29, 0.717) is 37.9 Å². The molecule has 0 bridgehead atoms. The molecule has 43 heavy (non-hydrogen) atoms. The molecule has 8 heteroatoms. The van der Waals surface area contributed by atoms with E-state index in [9.17, 15) is 18.8 Å². The highest BCUT2D eigenvalue weighted by molar-refractivity contribution is 6.01. The Balaban J connectivity index is 1.41. The van der Waals surface area contributed by atoms with Crippen LogP contribution in [0, 0.1) is 23.1 Å².